The van der Waals surface area contributed by atoms with E-state index in [0.717, 1.165) is 66.8 Å². The van der Waals surface area contributed by atoms with E-state index in [1.807, 2.05) is 74.5 Å². The second-order valence-electron chi connectivity index (χ2n) is 13.9. The van der Waals surface area contributed by atoms with Crippen molar-refractivity contribution in [1.82, 2.24) is 15.0 Å². The molecule has 0 N–H and O–H groups in total. The highest BCUT2D eigenvalue weighted by Crippen LogP contribution is 2.49. The van der Waals surface area contributed by atoms with Crippen molar-refractivity contribution < 1.29 is 4.74 Å². The Morgan fingerprint density at radius 1 is 0.426 bits per heavy atom. The monoisotopic (exact) mass is 694 g/mol. The van der Waals surface area contributed by atoms with Gasteiger partial charge in [-0.3, -0.25) is 0 Å². The zero-order valence-electron chi connectivity index (χ0n) is 29.9. The van der Waals surface area contributed by atoms with E-state index in [9.17, 15) is 5.26 Å². The molecule has 54 heavy (non-hydrogen) atoms. The molecule has 0 spiro atoms. The Morgan fingerprint density at radius 3 is 1.50 bits per heavy atom. The van der Waals surface area contributed by atoms with Crippen LogP contribution in [0, 0.1) is 11.3 Å². The minimum Gasteiger partial charge on any atom is -0.482 e. The third-order valence-corrected chi connectivity index (χ3v) is 9.99. The van der Waals surface area contributed by atoms with Gasteiger partial charge in [-0.15, -0.1) is 0 Å². The van der Waals surface area contributed by atoms with E-state index in [-0.39, 0.29) is 0 Å². The van der Waals surface area contributed by atoms with Crippen LogP contribution in [-0.4, -0.2) is 15.0 Å². The Balaban J connectivity index is 1.26. The van der Waals surface area contributed by atoms with Gasteiger partial charge in [0.15, 0.2) is 17.5 Å². The van der Waals surface area contributed by atoms with Gasteiger partial charge in [0.1, 0.15) is 11.4 Å². The minimum absolute atomic E-state index is 0.512. The molecule has 0 unspecified atom stereocenters. The summed E-state index contributed by atoms with van der Waals surface area (Å²) in [4.78, 5) is 15.6. The van der Waals surface area contributed by atoms with Crippen LogP contribution < -0.4 is 4.74 Å². The van der Waals surface area contributed by atoms with Crippen molar-refractivity contribution in [2.75, 3.05) is 0 Å². The fourth-order valence-corrected chi connectivity index (χ4v) is 7.24. The Bertz CT molecular complexity index is 2640. The van der Waals surface area contributed by atoms with E-state index in [1.165, 1.54) is 0 Å². The number of hydrogen-bond acceptors (Lipinski definition) is 5. The zero-order chi connectivity index (χ0) is 36.6. The smallest absolute Gasteiger partial charge is 0.167 e. The fourth-order valence-electron chi connectivity index (χ4n) is 7.24. The zero-order valence-corrected chi connectivity index (χ0v) is 29.9. The number of hydrogen-bond donors (Lipinski definition) is 0. The van der Waals surface area contributed by atoms with E-state index in [1.54, 1.807) is 0 Å². The average molecular weight is 695 g/mol. The maximum Gasteiger partial charge on any atom is 0.167 e. The summed E-state index contributed by atoms with van der Waals surface area (Å²) in [5, 5.41) is 9.66. The van der Waals surface area contributed by atoms with Crippen LogP contribution in [0.4, 0.5) is 0 Å². The van der Waals surface area contributed by atoms with Crippen LogP contribution in [-0.2, 0) is 5.60 Å². The van der Waals surface area contributed by atoms with Crippen molar-refractivity contribution in [2.45, 2.75) is 19.4 Å². The molecule has 0 aliphatic carbocycles. The molecule has 0 radical (unpaired) electrons. The van der Waals surface area contributed by atoms with E-state index >= 15 is 0 Å². The molecule has 5 nitrogen and oxygen atoms in total. The average Bonchev–Trinajstić information content (AvgIpc) is 3.24. The highest BCUT2D eigenvalue weighted by atomic mass is 16.5. The molecule has 1 aromatic heterocycles. The van der Waals surface area contributed by atoms with Crippen molar-refractivity contribution in [2.24, 2.45) is 0 Å². The summed E-state index contributed by atoms with van der Waals surface area (Å²) in [6.07, 6.45) is 0. The van der Waals surface area contributed by atoms with Crippen molar-refractivity contribution in [3.05, 3.63) is 181 Å². The molecular formula is C49H34N4O. The van der Waals surface area contributed by atoms with Crippen molar-refractivity contribution in [3.8, 4) is 90.5 Å². The second-order valence-corrected chi connectivity index (χ2v) is 13.9. The van der Waals surface area contributed by atoms with Gasteiger partial charge in [-0.2, -0.15) is 5.26 Å². The first-order valence-electron chi connectivity index (χ1n) is 18.0. The van der Waals surface area contributed by atoms with Crippen molar-refractivity contribution >= 4 is 0 Å². The van der Waals surface area contributed by atoms with Gasteiger partial charge in [-0.1, -0.05) is 133 Å². The summed E-state index contributed by atoms with van der Waals surface area (Å²) in [6, 6.07) is 60.2. The van der Waals surface area contributed by atoms with Gasteiger partial charge in [0, 0.05) is 22.3 Å². The predicted octanol–water partition coefficient (Wildman–Crippen LogP) is 12.0. The lowest BCUT2D eigenvalue weighted by Gasteiger charge is -2.36. The lowest BCUT2D eigenvalue weighted by atomic mass is 9.84. The summed E-state index contributed by atoms with van der Waals surface area (Å²) in [5.74, 6) is 2.33. The topological polar surface area (TPSA) is 71.7 Å². The summed E-state index contributed by atoms with van der Waals surface area (Å²) in [6.45, 7) is 4.07. The molecule has 2 heterocycles. The summed E-state index contributed by atoms with van der Waals surface area (Å²) < 4.78 is 6.83. The first-order chi connectivity index (χ1) is 26.4. The number of ether oxygens (including phenoxy) is 1. The maximum absolute atomic E-state index is 9.66. The van der Waals surface area contributed by atoms with Crippen LogP contribution >= 0.6 is 0 Å². The van der Waals surface area contributed by atoms with Crippen molar-refractivity contribution in [3.63, 3.8) is 0 Å². The Labute approximate surface area is 314 Å². The number of para-hydroxylation sites is 1. The number of nitriles is 1. The summed E-state index contributed by atoms with van der Waals surface area (Å²) in [7, 11) is 0. The Morgan fingerprint density at radius 2 is 0.907 bits per heavy atom. The third-order valence-electron chi connectivity index (χ3n) is 9.99. The minimum atomic E-state index is -0.703. The van der Waals surface area contributed by atoms with Gasteiger partial charge in [0.2, 0.25) is 0 Å². The molecule has 7 aromatic carbocycles. The van der Waals surface area contributed by atoms with Crippen LogP contribution in [0.3, 0.4) is 0 Å². The number of nitrogens with zero attached hydrogens (tertiary/aromatic N) is 4. The first kappa shape index (κ1) is 32.7. The lowest BCUT2D eigenvalue weighted by Crippen LogP contribution is -2.29. The van der Waals surface area contributed by atoms with Crippen LogP contribution in [0.2, 0.25) is 0 Å². The first-order valence-corrected chi connectivity index (χ1v) is 18.0. The van der Waals surface area contributed by atoms with E-state index in [0.29, 0.717) is 28.8 Å². The predicted molar refractivity (Wildman–Crippen MR) is 216 cm³/mol. The van der Waals surface area contributed by atoms with E-state index in [2.05, 4.69) is 115 Å². The van der Waals surface area contributed by atoms with E-state index < -0.39 is 5.60 Å². The molecule has 0 saturated heterocycles. The molecule has 8 aromatic rings. The SMILES string of the molecule is CC1(C)Oc2c(-c3nc(-c4ccc(-c5ccccc5)cc4)nc(-c4cc(-c5ccccc5)cc(-c5ccccc5)c4)n3)cccc2-c2ccc(C#N)cc21. The molecule has 0 saturated carbocycles. The molecule has 256 valence electrons. The largest absolute Gasteiger partial charge is 0.482 e. The highest BCUT2D eigenvalue weighted by Gasteiger charge is 2.35. The van der Waals surface area contributed by atoms with Crippen LogP contribution in [0.5, 0.6) is 5.75 Å². The van der Waals surface area contributed by atoms with Gasteiger partial charge in [0.25, 0.3) is 0 Å². The normalized spacial score (nSPS) is 12.5. The molecule has 1 aliphatic rings. The number of fused-ring (bicyclic) bond motifs is 3. The summed E-state index contributed by atoms with van der Waals surface area (Å²) >= 11 is 0. The van der Waals surface area contributed by atoms with E-state index in [4.69, 9.17) is 19.7 Å². The Kier molecular flexibility index (Phi) is 8.14. The standard InChI is InChI=1S/C49H34N4O/c1-49(2)44-27-32(31-50)21-26-41(44)42-19-12-20-43(45(42)54-49)48-52-46(37-24-22-36(23-25-37)33-13-6-3-7-14-33)51-47(53-48)40-29-38(34-15-8-4-9-16-34)28-39(30-40)35-17-10-5-11-18-35/h3-30H,1-2H3. The van der Waals surface area contributed by atoms with Gasteiger partial charge >= 0.3 is 0 Å². The molecular weight excluding hydrogens is 661 g/mol. The number of aromatic nitrogens is 3. The van der Waals surface area contributed by atoms with Gasteiger partial charge in [-0.25, -0.2) is 15.0 Å². The van der Waals surface area contributed by atoms with Gasteiger partial charge in [-0.05, 0) is 89.2 Å². The van der Waals surface area contributed by atoms with Crippen LogP contribution in [0.15, 0.2) is 170 Å². The van der Waals surface area contributed by atoms with Crippen LogP contribution in [0.1, 0.15) is 25.0 Å². The molecule has 0 atom stereocenters. The number of benzene rings is 7. The molecule has 9 rings (SSSR count). The maximum atomic E-state index is 9.66. The number of rotatable bonds is 6. The third kappa shape index (κ3) is 6.10. The Hall–Kier alpha value is -7.16. The van der Waals surface area contributed by atoms with Crippen LogP contribution in [0.25, 0.3) is 78.7 Å². The second kappa shape index (κ2) is 13.4. The molecule has 0 fully saturated rings. The van der Waals surface area contributed by atoms with Gasteiger partial charge < -0.3 is 4.74 Å². The highest BCUT2D eigenvalue weighted by molar-refractivity contribution is 5.86. The lowest BCUT2D eigenvalue weighted by molar-refractivity contribution is 0.106. The molecule has 0 bridgehead atoms. The summed E-state index contributed by atoms with van der Waals surface area (Å²) in [5.41, 5.74) is 11.9. The van der Waals surface area contributed by atoms with Crippen molar-refractivity contribution in [1.29, 1.82) is 5.26 Å². The fraction of sp³-hybridized carbons (Fsp3) is 0.0612. The quantitative estimate of drug-likeness (QED) is 0.173. The molecule has 5 heteroatoms. The van der Waals surface area contributed by atoms with Gasteiger partial charge in [0.05, 0.1) is 17.2 Å². The molecule has 1 aliphatic heterocycles. The molecule has 0 amide bonds.